The van der Waals surface area contributed by atoms with E-state index in [1.807, 2.05) is 6.92 Å². The molecule has 2 N–H and O–H groups in total. The second kappa shape index (κ2) is 6.25. The van der Waals surface area contributed by atoms with E-state index >= 15 is 0 Å². The molecule has 0 saturated carbocycles. The van der Waals surface area contributed by atoms with Crippen molar-refractivity contribution in [2.75, 3.05) is 25.1 Å². The van der Waals surface area contributed by atoms with Crippen LogP contribution in [0.25, 0.3) is 0 Å². The van der Waals surface area contributed by atoms with Gasteiger partial charge >= 0.3 is 0 Å². The second-order valence-electron chi connectivity index (χ2n) is 4.84. The molecule has 0 aliphatic carbocycles. The minimum Gasteiger partial charge on any atom is -0.348 e. The van der Waals surface area contributed by atoms with Crippen molar-refractivity contribution in [3.8, 4) is 0 Å². The summed E-state index contributed by atoms with van der Waals surface area (Å²) in [4.78, 5) is 11.9. The first kappa shape index (κ1) is 14.1. The number of nitrogens with one attached hydrogen (secondary N) is 2. The van der Waals surface area contributed by atoms with E-state index in [9.17, 15) is 9.00 Å². The summed E-state index contributed by atoms with van der Waals surface area (Å²) in [6, 6.07) is 0.279. The molecule has 2 unspecified atom stereocenters. The van der Waals surface area contributed by atoms with Gasteiger partial charge in [0, 0.05) is 41.9 Å². The van der Waals surface area contributed by atoms with Crippen LogP contribution in [-0.2, 0) is 10.8 Å². The lowest BCUT2D eigenvalue weighted by atomic mass is 10.2. The molecule has 2 rings (SSSR count). The Balaban J connectivity index is 1.85. The molecule has 8 heteroatoms. The zero-order chi connectivity index (χ0) is 13.8. The van der Waals surface area contributed by atoms with Crippen molar-refractivity contribution in [3.05, 3.63) is 11.9 Å². The lowest BCUT2D eigenvalue weighted by Crippen LogP contribution is -2.43. The molecule has 1 fully saturated rings. The number of hydrogen-bond donors (Lipinski definition) is 2. The Morgan fingerprint density at radius 1 is 1.68 bits per heavy atom. The van der Waals surface area contributed by atoms with Crippen LogP contribution >= 0.6 is 0 Å². The number of hydrogen-bond acceptors (Lipinski definition) is 5. The Labute approximate surface area is 114 Å². The van der Waals surface area contributed by atoms with Crippen molar-refractivity contribution < 1.29 is 9.00 Å². The highest BCUT2D eigenvalue weighted by molar-refractivity contribution is 7.84. The van der Waals surface area contributed by atoms with Gasteiger partial charge in [0.25, 0.3) is 5.91 Å². The zero-order valence-electron chi connectivity index (χ0n) is 11.1. The minimum atomic E-state index is -0.832. The molecule has 1 aliphatic rings. The van der Waals surface area contributed by atoms with Crippen LogP contribution in [0.2, 0.25) is 0 Å². The quantitative estimate of drug-likeness (QED) is 0.722. The molecule has 0 bridgehead atoms. The number of carbonyl (C=O) groups excluding carboxylic acids is 1. The Hall–Kier alpha value is -1.28. The summed E-state index contributed by atoms with van der Waals surface area (Å²) in [6.07, 6.45) is 4.02. The summed E-state index contributed by atoms with van der Waals surface area (Å²) in [5.74, 6) is 0.356. The number of carbonyl (C=O) groups is 1. The van der Waals surface area contributed by atoms with Crippen molar-refractivity contribution in [1.29, 1.82) is 0 Å². The van der Waals surface area contributed by atoms with E-state index in [2.05, 4.69) is 20.9 Å². The maximum Gasteiger partial charge on any atom is 0.273 e. The Morgan fingerprint density at radius 2 is 2.42 bits per heavy atom. The van der Waals surface area contributed by atoms with Gasteiger partial charge in [-0.1, -0.05) is 5.21 Å². The van der Waals surface area contributed by atoms with Crippen LogP contribution in [0, 0.1) is 0 Å². The van der Waals surface area contributed by atoms with E-state index in [0.29, 0.717) is 23.9 Å². The highest BCUT2D eigenvalue weighted by Gasteiger charge is 2.22. The van der Waals surface area contributed by atoms with E-state index in [-0.39, 0.29) is 11.9 Å². The molecule has 106 valence electrons. The van der Waals surface area contributed by atoms with Crippen molar-refractivity contribution in [3.63, 3.8) is 0 Å². The normalized spacial score (nSPS) is 18.6. The smallest absolute Gasteiger partial charge is 0.273 e. The van der Waals surface area contributed by atoms with Crippen LogP contribution in [0.5, 0.6) is 0 Å². The topological polar surface area (TPSA) is 88.9 Å². The molecule has 0 spiro atoms. The first-order valence-corrected chi connectivity index (χ1v) is 8.02. The monoisotopic (exact) mass is 285 g/mol. The highest BCUT2D eigenvalue weighted by atomic mass is 32.2. The molecule has 19 heavy (non-hydrogen) atoms. The first-order valence-electron chi connectivity index (χ1n) is 6.29. The van der Waals surface area contributed by atoms with Gasteiger partial charge in [0.05, 0.1) is 12.2 Å². The second-order valence-corrected chi connectivity index (χ2v) is 6.39. The third kappa shape index (κ3) is 3.84. The summed E-state index contributed by atoms with van der Waals surface area (Å²) in [6.45, 7) is 3.62. The molecular formula is C11H19N5O2S. The number of rotatable bonds is 6. The van der Waals surface area contributed by atoms with Crippen molar-refractivity contribution in [2.45, 2.75) is 25.4 Å². The number of aromatic nitrogens is 3. The predicted octanol–water partition coefficient (Wildman–Crippen LogP) is -0.691. The molecule has 1 aromatic rings. The van der Waals surface area contributed by atoms with Crippen molar-refractivity contribution >= 4 is 16.7 Å². The van der Waals surface area contributed by atoms with Crippen LogP contribution in [-0.4, -0.2) is 56.2 Å². The first-order chi connectivity index (χ1) is 9.06. The molecular weight excluding hydrogens is 266 g/mol. The molecule has 1 aliphatic heterocycles. The lowest BCUT2D eigenvalue weighted by Gasteiger charge is -2.26. The van der Waals surface area contributed by atoms with E-state index in [0.717, 1.165) is 13.1 Å². The number of amides is 1. The van der Waals surface area contributed by atoms with Gasteiger partial charge in [-0.25, -0.2) is 4.68 Å². The fraction of sp³-hybridized carbons (Fsp3) is 0.727. The van der Waals surface area contributed by atoms with Crippen molar-refractivity contribution in [1.82, 2.24) is 25.6 Å². The molecule has 0 aromatic carbocycles. The van der Waals surface area contributed by atoms with Crippen LogP contribution in [0.1, 0.15) is 29.9 Å². The Morgan fingerprint density at radius 3 is 3.00 bits per heavy atom. The predicted molar refractivity (Wildman–Crippen MR) is 72.4 cm³/mol. The fourth-order valence-electron chi connectivity index (χ4n) is 1.73. The summed E-state index contributed by atoms with van der Waals surface area (Å²) in [7, 11) is -0.832. The zero-order valence-corrected chi connectivity index (χ0v) is 11.9. The number of nitrogens with zero attached hydrogens (tertiary/aromatic N) is 3. The standard InChI is InChI=1S/C11H19N5O2S/c1-8(3-4-19(2)18)13-11(17)10-7-16(15-14-10)9-5-12-6-9/h7-9,12H,3-6H2,1-2H3,(H,13,17). The van der Waals surface area contributed by atoms with Crippen LogP contribution in [0.3, 0.4) is 0 Å². The van der Waals surface area contributed by atoms with Gasteiger partial charge in [-0.05, 0) is 13.3 Å². The highest BCUT2D eigenvalue weighted by Crippen LogP contribution is 2.09. The van der Waals surface area contributed by atoms with E-state index in [4.69, 9.17) is 0 Å². The van der Waals surface area contributed by atoms with Crippen molar-refractivity contribution in [2.24, 2.45) is 0 Å². The molecule has 2 heterocycles. The fourth-order valence-corrected chi connectivity index (χ4v) is 2.42. The summed E-state index contributed by atoms with van der Waals surface area (Å²) in [5, 5.41) is 13.8. The lowest BCUT2D eigenvalue weighted by molar-refractivity contribution is 0.0934. The van der Waals surface area contributed by atoms with E-state index < -0.39 is 10.8 Å². The molecule has 0 radical (unpaired) electrons. The van der Waals surface area contributed by atoms with Gasteiger partial charge < -0.3 is 10.6 Å². The van der Waals surface area contributed by atoms with Gasteiger partial charge in [0.2, 0.25) is 0 Å². The Kier molecular flexibility index (Phi) is 4.65. The van der Waals surface area contributed by atoms with Gasteiger partial charge in [-0.2, -0.15) is 0 Å². The average Bonchev–Trinajstić information content (AvgIpc) is 2.73. The molecule has 1 amide bonds. The van der Waals surface area contributed by atoms with Crippen LogP contribution < -0.4 is 10.6 Å². The molecule has 1 saturated heterocycles. The third-order valence-electron chi connectivity index (χ3n) is 3.09. The maximum absolute atomic E-state index is 11.9. The third-order valence-corrected chi connectivity index (χ3v) is 3.90. The summed E-state index contributed by atoms with van der Waals surface area (Å²) in [5.41, 5.74) is 0.330. The minimum absolute atomic E-state index is 0.0214. The van der Waals surface area contributed by atoms with E-state index in [1.165, 1.54) is 0 Å². The summed E-state index contributed by atoms with van der Waals surface area (Å²) >= 11 is 0. The largest absolute Gasteiger partial charge is 0.348 e. The van der Waals surface area contributed by atoms with Gasteiger partial charge in [-0.3, -0.25) is 9.00 Å². The van der Waals surface area contributed by atoms with Gasteiger partial charge in [0.15, 0.2) is 5.69 Å². The average molecular weight is 285 g/mol. The molecule has 1 aromatic heterocycles. The van der Waals surface area contributed by atoms with Crippen LogP contribution in [0.15, 0.2) is 6.20 Å². The summed E-state index contributed by atoms with van der Waals surface area (Å²) < 4.78 is 12.7. The van der Waals surface area contributed by atoms with Gasteiger partial charge in [-0.15, -0.1) is 5.10 Å². The van der Waals surface area contributed by atoms with Gasteiger partial charge in [0.1, 0.15) is 0 Å². The Bertz CT molecular complexity index is 471. The molecule has 7 nitrogen and oxygen atoms in total. The SMILES string of the molecule is CC(CCS(C)=O)NC(=O)c1cn(C2CNC2)nn1. The van der Waals surface area contributed by atoms with E-state index in [1.54, 1.807) is 17.1 Å². The maximum atomic E-state index is 11.9. The van der Waals surface area contributed by atoms with Crippen LogP contribution in [0.4, 0.5) is 0 Å². The molecule has 2 atom stereocenters.